The van der Waals surface area contributed by atoms with E-state index < -0.39 is 6.10 Å². The summed E-state index contributed by atoms with van der Waals surface area (Å²) in [5.41, 5.74) is 0. The molecule has 1 atom stereocenters. The van der Waals surface area contributed by atoms with Gasteiger partial charge in [0, 0.05) is 19.4 Å². The Bertz CT molecular complexity index is 1080. The average molecular weight is 956 g/mol. The summed E-state index contributed by atoms with van der Waals surface area (Å²) in [6.45, 7) is 7.86. The second kappa shape index (κ2) is 59.4. The van der Waals surface area contributed by atoms with Crippen LogP contribution in [0.15, 0.2) is 36.5 Å². The summed E-state index contributed by atoms with van der Waals surface area (Å²) in [7, 11) is 0. The van der Waals surface area contributed by atoms with Crippen molar-refractivity contribution in [2.24, 2.45) is 0 Å². The van der Waals surface area contributed by atoms with E-state index >= 15 is 0 Å². The van der Waals surface area contributed by atoms with Gasteiger partial charge in [-0.1, -0.05) is 295 Å². The molecule has 0 aromatic heterocycles. The van der Waals surface area contributed by atoms with E-state index in [9.17, 15) is 9.59 Å². The number of esters is 2. The van der Waals surface area contributed by atoms with E-state index in [0.29, 0.717) is 26.1 Å². The number of hydrogen-bond acceptors (Lipinski definition) is 5. The molecule has 0 spiro atoms. The fourth-order valence-corrected chi connectivity index (χ4v) is 9.11. The van der Waals surface area contributed by atoms with Gasteiger partial charge in [0.1, 0.15) is 6.61 Å². The Morgan fingerprint density at radius 3 is 1.01 bits per heavy atom. The maximum absolute atomic E-state index is 12.9. The van der Waals surface area contributed by atoms with Crippen LogP contribution >= 0.6 is 0 Å². The highest BCUT2D eigenvalue weighted by Crippen LogP contribution is 2.17. The summed E-state index contributed by atoms with van der Waals surface area (Å²) >= 11 is 0. The van der Waals surface area contributed by atoms with Gasteiger partial charge in [-0.15, -0.1) is 0 Å². The van der Waals surface area contributed by atoms with Crippen molar-refractivity contribution >= 4 is 11.9 Å². The van der Waals surface area contributed by atoms with Gasteiger partial charge in [0.15, 0.2) is 6.10 Å². The van der Waals surface area contributed by atoms with E-state index in [1.807, 2.05) is 0 Å². The van der Waals surface area contributed by atoms with Crippen LogP contribution in [0, 0.1) is 0 Å². The van der Waals surface area contributed by atoms with E-state index in [0.717, 1.165) is 57.8 Å². The highest BCUT2D eigenvalue weighted by Gasteiger charge is 2.17. The van der Waals surface area contributed by atoms with E-state index in [-0.39, 0.29) is 18.5 Å². The molecule has 0 fully saturated rings. The molecule has 400 valence electrons. The van der Waals surface area contributed by atoms with Crippen LogP contribution in [0.5, 0.6) is 0 Å². The summed E-state index contributed by atoms with van der Waals surface area (Å²) in [5.74, 6) is -0.390. The largest absolute Gasteiger partial charge is 0.462 e. The quantitative estimate of drug-likeness (QED) is 0.0345. The van der Waals surface area contributed by atoms with Crippen LogP contribution in [-0.2, 0) is 23.8 Å². The summed E-state index contributed by atoms with van der Waals surface area (Å²) in [6, 6.07) is 0. The minimum absolute atomic E-state index is 0.0852. The standard InChI is InChI=1S/C63H118O5/c1-4-7-10-13-16-19-22-25-27-29-31-33-35-37-40-43-46-49-52-55-58-66-59-61(68-63(65)57-54-51-48-45-42-38-24-21-18-15-12-9-6-3)60-67-62(64)56-53-50-47-44-41-39-36-34-32-30-28-26-23-20-17-14-11-8-5-2/h17,20,26,28,32,34,61H,4-16,18-19,21-25,27,29-31,33,35-60H2,1-3H3/b20-17-,28-26-,34-32-. The Hall–Kier alpha value is -1.88. The van der Waals surface area contributed by atoms with Crippen molar-refractivity contribution < 1.29 is 23.8 Å². The smallest absolute Gasteiger partial charge is 0.306 e. The van der Waals surface area contributed by atoms with Crippen molar-refractivity contribution in [3.05, 3.63) is 36.5 Å². The molecular weight excluding hydrogens is 837 g/mol. The molecule has 0 aromatic rings. The normalized spacial score (nSPS) is 12.3. The molecule has 68 heavy (non-hydrogen) atoms. The third-order valence-corrected chi connectivity index (χ3v) is 13.7. The number of carbonyl (C=O) groups excluding carboxylic acids is 2. The van der Waals surface area contributed by atoms with Crippen LogP contribution in [0.25, 0.3) is 0 Å². The summed E-state index contributed by atoms with van der Waals surface area (Å²) in [4.78, 5) is 25.5. The Balaban J connectivity index is 4.21. The van der Waals surface area contributed by atoms with Gasteiger partial charge in [-0.3, -0.25) is 9.59 Å². The van der Waals surface area contributed by atoms with Gasteiger partial charge in [-0.25, -0.2) is 0 Å². The molecule has 0 radical (unpaired) electrons. The topological polar surface area (TPSA) is 61.8 Å². The lowest BCUT2D eigenvalue weighted by atomic mass is 10.0. The summed E-state index contributed by atoms with van der Waals surface area (Å²) in [5, 5.41) is 0. The van der Waals surface area contributed by atoms with E-state index in [1.165, 1.54) is 238 Å². The average Bonchev–Trinajstić information content (AvgIpc) is 3.34. The van der Waals surface area contributed by atoms with Crippen molar-refractivity contribution in [3.63, 3.8) is 0 Å². The van der Waals surface area contributed by atoms with Gasteiger partial charge in [-0.2, -0.15) is 0 Å². The zero-order valence-corrected chi connectivity index (χ0v) is 46.1. The molecule has 0 bridgehead atoms. The molecule has 0 rings (SSSR count). The van der Waals surface area contributed by atoms with E-state index in [4.69, 9.17) is 14.2 Å². The zero-order valence-electron chi connectivity index (χ0n) is 46.1. The molecule has 5 heteroatoms. The minimum atomic E-state index is -0.536. The van der Waals surface area contributed by atoms with Crippen molar-refractivity contribution in [1.29, 1.82) is 0 Å². The van der Waals surface area contributed by atoms with Gasteiger partial charge >= 0.3 is 11.9 Å². The first-order chi connectivity index (χ1) is 33.6. The highest BCUT2D eigenvalue weighted by atomic mass is 16.6. The molecule has 1 unspecified atom stereocenters. The fraction of sp³-hybridized carbons (Fsp3) is 0.873. The Morgan fingerprint density at radius 2 is 0.618 bits per heavy atom. The second-order valence-corrected chi connectivity index (χ2v) is 20.6. The Kier molecular flexibility index (Phi) is 57.8. The van der Waals surface area contributed by atoms with Crippen molar-refractivity contribution in [3.8, 4) is 0 Å². The molecule has 0 amide bonds. The highest BCUT2D eigenvalue weighted by molar-refractivity contribution is 5.70. The SMILES string of the molecule is CCCCC/C=C\C/C=C\C/C=C\CCCCCCCCC(=O)OCC(COCCCCCCCCCCCCCCCCCCCCCC)OC(=O)CCCCCCCCCCCCCCC. The lowest BCUT2D eigenvalue weighted by Gasteiger charge is -2.18. The van der Waals surface area contributed by atoms with Gasteiger partial charge in [0.25, 0.3) is 0 Å². The molecule has 5 nitrogen and oxygen atoms in total. The van der Waals surface area contributed by atoms with Crippen molar-refractivity contribution in [2.45, 2.75) is 335 Å². The van der Waals surface area contributed by atoms with Crippen LogP contribution in [0.3, 0.4) is 0 Å². The van der Waals surface area contributed by atoms with E-state index in [2.05, 4.69) is 57.2 Å². The maximum Gasteiger partial charge on any atom is 0.306 e. The predicted octanol–water partition coefficient (Wildman–Crippen LogP) is 20.9. The Labute approximate surface area is 425 Å². The molecule has 0 N–H and O–H groups in total. The molecule has 0 aromatic carbocycles. The molecule has 0 saturated heterocycles. The third-order valence-electron chi connectivity index (χ3n) is 13.7. The molecule has 0 saturated carbocycles. The Morgan fingerprint density at radius 1 is 0.324 bits per heavy atom. The van der Waals surface area contributed by atoms with Gasteiger partial charge in [0.2, 0.25) is 0 Å². The van der Waals surface area contributed by atoms with Gasteiger partial charge < -0.3 is 14.2 Å². The van der Waals surface area contributed by atoms with Crippen LogP contribution in [0.4, 0.5) is 0 Å². The molecular formula is C63H118O5. The number of hydrogen-bond donors (Lipinski definition) is 0. The fourth-order valence-electron chi connectivity index (χ4n) is 9.11. The van der Waals surface area contributed by atoms with Crippen LogP contribution < -0.4 is 0 Å². The second-order valence-electron chi connectivity index (χ2n) is 20.6. The van der Waals surface area contributed by atoms with Crippen LogP contribution in [0.1, 0.15) is 329 Å². The number of carbonyl (C=O) groups is 2. The first-order valence-electron chi connectivity index (χ1n) is 30.5. The number of rotatable bonds is 57. The zero-order chi connectivity index (χ0) is 49.2. The van der Waals surface area contributed by atoms with Crippen molar-refractivity contribution in [2.75, 3.05) is 19.8 Å². The van der Waals surface area contributed by atoms with Crippen molar-refractivity contribution in [1.82, 2.24) is 0 Å². The number of ether oxygens (including phenoxy) is 3. The molecule has 0 aliphatic carbocycles. The van der Waals surface area contributed by atoms with Crippen LogP contribution in [0.2, 0.25) is 0 Å². The lowest BCUT2D eigenvalue weighted by Crippen LogP contribution is -2.30. The first kappa shape index (κ1) is 66.1. The first-order valence-corrected chi connectivity index (χ1v) is 30.5. The third kappa shape index (κ3) is 56.7. The predicted molar refractivity (Wildman–Crippen MR) is 298 cm³/mol. The lowest BCUT2D eigenvalue weighted by molar-refractivity contribution is -0.163. The molecule has 0 heterocycles. The monoisotopic (exact) mass is 955 g/mol. The maximum atomic E-state index is 12.9. The van der Waals surface area contributed by atoms with Crippen LogP contribution in [-0.4, -0.2) is 37.9 Å². The van der Waals surface area contributed by atoms with Gasteiger partial charge in [0.05, 0.1) is 6.61 Å². The number of unbranched alkanes of at least 4 members (excludes halogenated alkanes) is 40. The summed E-state index contributed by atoms with van der Waals surface area (Å²) < 4.78 is 17.5. The summed E-state index contributed by atoms with van der Waals surface area (Å²) in [6.07, 6.45) is 73.1. The number of allylic oxidation sites excluding steroid dienone is 6. The molecule has 0 aliphatic rings. The van der Waals surface area contributed by atoms with E-state index in [1.54, 1.807) is 0 Å². The minimum Gasteiger partial charge on any atom is -0.462 e. The molecule has 0 aliphatic heterocycles. The van der Waals surface area contributed by atoms with Gasteiger partial charge in [-0.05, 0) is 57.8 Å².